The average molecular weight is 883 g/mol. The van der Waals surface area contributed by atoms with Crippen LogP contribution in [0, 0.1) is 22.7 Å². The Morgan fingerprint density at radius 1 is 0.362 bits per heavy atom. The second-order valence-corrected chi connectivity index (χ2v) is 17.2. The van der Waals surface area contributed by atoms with Crippen LogP contribution in [-0.2, 0) is 0 Å². The molecule has 0 atom stereocenters. The minimum atomic E-state index is 0.614. The highest BCUT2D eigenvalue weighted by molar-refractivity contribution is 6.11. The molecule has 1 aliphatic rings. The van der Waals surface area contributed by atoms with Crippen molar-refractivity contribution < 1.29 is 0 Å². The van der Waals surface area contributed by atoms with E-state index in [2.05, 4.69) is 219 Å². The van der Waals surface area contributed by atoms with Gasteiger partial charge in [0.25, 0.3) is 0 Å². The van der Waals surface area contributed by atoms with Gasteiger partial charge < -0.3 is 18.9 Å². The van der Waals surface area contributed by atoms with Crippen molar-refractivity contribution in [2.75, 3.05) is 9.80 Å². The third-order valence-electron chi connectivity index (χ3n) is 13.2. The summed E-state index contributed by atoms with van der Waals surface area (Å²) in [6, 6.07) is 80.6. The van der Waals surface area contributed by atoms with Crippen LogP contribution in [0.1, 0.15) is 28.8 Å². The molecule has 2 heterocycles. The van der Waals surface area contributed by atoms with Crippen LogP contribution in [0.25, 0.3) is 67.4 Å². The lowest BCUT2D eigenvalue weighted by Crippen LogP contribution is -2.10. The minimum absolute atomic E-state index is 0.614. The number of fused-ring (bicyclic) bond motifs is 6. The topological polar surface area (TPSA) is 63.9 Å². The van der Waals surface area contributed by atoms with E-state index in [1.807, 2.05) is 54.6 Å². The molecule has 0 saturated heterocycles. The number of rotatable bonds is 9. The molecule has 0 aliphatic heterocycles. The first-order valence-electron chi connectivity index (χ1n) is 23.1. The van der Waals surface area contributed by atoms with Gasteiger partial charge in [0.15, 0.2) is 0 Å². The van der Waals surface area contributed by atoms with E-state index in [9.17, 15) is 10.5 Å². The van der Waals surface area contributed by atoms with Gasteiger partial charge in [0, 0.05) is 67.2 Å². The smallest absolute Gasteiger partial charge is 0.0991 e. The second-order valence-electron chi connectivity index (χ2n) is 17.2. The van der Waals surface area contributed by atoms with E-state index in [4.69, 9.17) is 0 Å². The zero-order valence-corrected chi connectivity index (χ0v) is 37.5. The summed E-state index contributed by atoms with van der Waals surface area (Å²) in [5.41, 5.74) is 17.4. The van der Waals surface area contributed by atoms with Crippen LogP contribution >= 0.6 is 0 Å². The summed E-state index contributed by atoms with van der Waals surface area (Å²) < 4.78 is 4.68. The quantitative estimate of drug-likeness (QED) is 0.145. The standard InChI is InChI=1S/C63H42N6/c64-42-44-20-28-50(29-21-44)66(54-36-38-62-58(40-54)56-16-8-3-9-18-60(56)68(62)48-12-4-1-5-13-48)52-32-24-46(25-33-52)47-26-34-53(35-27-47)67(51-30-22-45(43-65)23-31-51)55-37-39-63-59(41-55)57-17-10-11-19-61(57)69(63)49-14-6-2-7-15-49/h1-2,4-41H,3H2. The highest BCUT2D eigenvalue weighted by Crippen LogP contribution is 2.43. The van der Waals surface area contributed by atoms with Crippen molar-refractivity contribution in [1.29, 1.82) is 10.5 Å². The van der Waals surface area contributed by atoms with E-state index in [0.29, 0.717) is 11.1 Å². The fraction of sp³-hybridized carbons (Fsp3) is 0.0159. The van der Waals surface area contributed by atoms with Crippen LogP contribution in [0.4, 0.5) is 34.1 Å². The Labute approximate surface area is 400 Å². The summed E-state index contributed by atoms with van der Waals surface area (Å²) in [4.78, 5) is 4.52. The molecule has 0 unspecified atom stereocenters. The predicted molar refractivity (Wildman–Crippen MR) is 285 cm³/mol. The number of hydrogen-bond donors (Lipinski definition) is 0. The lowest BCUT2D eigenvalue weighted by atomic mass is 10.0. The Morgan fingerprint density at radius 2 is 0.783 bits per heavy atom. The SMILES string of the molecule is N#Cc1ccc(N(c2ccc(-c3ccc(N(c4ccc(C#N)cc4)c4ccc5c(c4)c4ccccc4n5-c4ccccc4)cc3)cc2)c2ccc3c(c2)c2c(n3-c3ccccc3)C=CCC=C2)cc1. The van der Waals surface area contributed by atoms with Gasteiger partial charge in [0.2, 0.25) is 0 Å². The number of nitrogens with zero attached hydrogens (tertiary/aromatic N) is 6. The van der Waals surface area contributed by atoms with Gasteiger partial charge in [-0.2, -0.15) is 10.5 Å². The summed E-state index contributed by atoms with van der Waals surface area (Å²) in [6.45, 7) is 0. The van der Waals surface area contributed by atoms with Crippen molar-refractivity contribution in [2.45, 2.75) is 6.42 Å². The normalized spacial score (nSPS) is 11.9. The van der Waals surface area contributed by atoms with Crippen molar-refractivity contribution in [3.8, 4) is 34.6 Å². The molecule has 1 aliphatic carbocycles. The molecule has 0 N–H and O–H groups in total. The van der Waals surface area contributed by atoms with Crippen molar-refractivity contribution in [3.63, 3.8) is 0 Å². The molecular formula is C63H42N6. The zero-order valence-electron chi connectivity index (χ0n) is 37.5. The lowest BCUT2D eigenvalue weighted by Gasteiger charge is -2.26. The first kappa shape index (κ1) is 40.9. The lowest BCUT2D eigenvalue weighted by molar-refractivity contribution is 1.10. The molecule has 9 aromatic carbocycles. The zero-order chi connectivity index (χ0) is 46.3. The summed E-state index contributed by atoms with van der Waals surface area (Å²) in [5, 5.41) is 22.9. The highest BCUT2D eigenvalue weighted by Gasteiger charge is 2.21. The minimum Gasteiger partial charge on any atom is -0.310 e. The fourth-order valence-corrected chi connectivity index (χ4v) is 9.93. The maximum Gasteiger partial charge on any atom is 0.0991 e. The van der Waals surface area contributed by atoms with Gasteiger partial charge in [-0.3, -0.25) is 0 Å². The molecule has 0 bridgehead atoms. The van der Waals surface area contributed by atoms with E-state index in [1.165, 1.54) is 16.3 Å². The molecule has 0 saturated carbocycles. The molecule has 69 heavy (non-hydrogen) atoms. The molecule has 0 radical (unpaired) electrons. The number of benzene rings is 9. The Balaban J connectivity index is 0.918. The van der Waals surface area contributed by atoms with Gasteiger partial charge in [-0.25, -0.2) is 0 Å². The van der Waals surface area contributed by atoms with Gasteiger partial charge in [-0.05, 0) is 163 Å². The predicted octanol–water partition coefficient (Wildman–Crippen LogP) is 16.5. The van der Waals surface area contributed by atoms with Crippen LogP contribution in [0.5, 0.6) is 0 Å². The summed E-state index contributed by atoms with van der Waals surface area (Å²) in [7, 11) is 0. The summed E-state index contributed by atoms with van der Waals surface area (Å²) in [5.74, 6) is 0. The third kappa shape index (κ3) is 7.31. The van der Waals surface area contributed by atoms with E-state index >= 15 is 0 Å². The molecule has 2 aromatic heterocycles. The van der Waals surface area contributed by atoms with Crippen LogP contribution in [0.15, 0.2) is 231 Å². The number of aromatic nitrogens is 2. The molecule has 0 fully saturated rings. The van der Waals surface area contributed by atoms with Gasteiger partial charge in [-0.1, -0.05) is 97.1 Å². The number of hydrogen-bond acceptors (Lipinski definition) is 4. The Kier molecular flexibility index (Phi) is 10.2. The molecule has 11 aromatic rings. The van der Waals surface area contributed by atoms with Gasteiger partial charge in [-0.15, -0.1) is 0 Å². The highest BCUT2D eigenvalue weighted by atomic mass is 15.1. The number of nitriles is 2. The monoisotopic (exact) mass is 882 g/mol. The first-order chi connectivity index (χ1) is 34.1. The van der Waals surface area contributed by atoms with Crippen molar-refractivity contribution in [3.05, 3.63) is 253 Å². The molecule has 324 valence electrons. The van der Waals surface area contributed by atoms with E-state index < -0.39 is 0 Å². The van der Waals surface area contributed by atoms with Crippen LogP contribution in [-0.4, -0.2) is 9.13 Å². The number of allylic oxidation sites excluding steroid dienone is 2. The second kappa shape index (κ2) is 17.3. The fourth-order valence-electron chi connectivity index (χ4n) is 9.93. The maximum atomic E-state index is 9.69. The number of anilines is 6. The van der Waals surface area contributed by atoms with Crippen LogP contribution < -0.4 is 9.80 Å². The largest absolute Gasteiger partial charge is 0.310 e. The van der Waals surface area contributed by atoms with Gasteiger partial charge in [0.05, 0.1) is 45.5 Å². The first-order valence-corrected chi connectivity index (χ1v) is 23.1. The average Bonchev–Trinajstić information content (AvgIpc) is 3.79. The molecule has 0 amide bonds. The molecular weight excluding hydrogens is 841 g/mol. The van der Waals surface area contributed by atoms with E-state index in [-0.39, 0.29) is 0 Å². The van der Waals surface area contributed by atoms with E-state index in [0.717, 1.165) is 90.7 Å². The van der Waals surface area contributed by atoms with Crippen LogP contribution in [0.3, 0.4) is 0 Å². The molecule has 6 heteroatoms. The van der Waals surface area contributed by atoms with Gasteiger partial charge in [0.1, 0.15) is 0 Å². The number of para-hydroxylation sites is 3. The van der Waals surface area contributed by atoms with Gasteiger partial charge >= 0.3 is 0 Å². The Hall–Kier alpha value is -9.62. The summed E-state index contributed by atoms with van der Waals surface area (Å²) >= 11 is 0. The van der Waals surface area contributed by atoms with Crippen molar-refractivity contribution in [1.82, 2.24) is 9.13 Å². The molecule has 6 nitrogen and oxygen atoms in total. The third-order valence-corrected chi connectivity index (χ3v) is 13.2. The molecule has 12 rings (SSSR count). The Bertz CT molecular complexity index is 3850. The molecule has 0 spiro atoms. The summed E-state index contributed by atoms with van der Waals surface area (Å²) in [6.07, 6.45) is 9.82. The maximum absolute atomic E-state index is 9.69. The van der Waals surface area contributed by atoms with E-state index in [1.54, 1.807) is 0 Å². The van der Waals surface area contributed by atoms with Crippen molar-refractivity contribution >= 4 is 79.0 Å². The van der Waals surface area contributed by atoms with Crippen molar-refractivity contribution in [2.24, 2.45) is 0 Å². The Morgan fingerprint density at radius 3 is 1.32 bits per heavy atom. The van der Waals surface area contributed by atoms with Crippen LogP contribution in [0.2, 0.25) is 0 Å².